The molecule has 11 heteroatoms. The first-order valence-electron chi connectivity index (χ1n) is 12.5. The van der Waals surface area contributed by atoms with Crippen molar-refractivity contribution in [1.82, 2.24) is 15.2 Å². The van der Waals surface area contributed by atoms with Gasteiger partial charge >= 0.3 is 0 Å². The van der Waals surface area contributed by atoms with Crippen molar-refractivity contribution in [3.8, 4) is 0 Å². The Morgan fingerprint density at radius 1 is 0.919 bits per heavy atom. The number of aromatic nitrogens is 1. The topological polar surface area (TPSA) is 120 Å². The zero-order valence-electron chi connectivity index (χ0n) is 21.3. The molecular formula is C26H33N5O5S. The highest BCUT2D eigenvalue weighted by atomic mass is 32.2. The fourth-order valence-electron chi connectivity index (χ4n) is 4.77. The van der Waals surface area contributed by atoms with Crippen LogP contribution in [0, 0.1) is 0 Å². The van der Waals surface area contributed by atoms with E-state index < -0.39 is 15.7 Å². The molecule has 1 aromatic heterocycles. The second-order valence-electron chi connectivity index (χ2n) is 9.58. The van der Waals surface area contributed by atoms with E-state index in [9.17, 15) is 22.8 Å². The molecule has 2 aliphatic heterocycles. The lowest BCUT2D eigenvalue weighted by atomic mass is 10.1. The Kier molecular flexibility index (Phi) is 8.11. The van der Waals surface area contributed by atoms with E-state index in [2.05, 4.69) is 20.1 Å². The Labute approximate surface area is 217 Å². The molecule has 0 spiro atoms. The van der Waals surface area contributed by atoms with Crippen molar-refractivity contribution in [3.63, 3.8) is 0 Å². The molecule has 198 valence electrons. The van der Waals surface area contributed by atoms with Gasteiger partial charge in [-0.05, 0) is 49.1 Å². The summed E-state index contributed by atoms with van der Waals surface area (Å²) in [6.07, 6.45) is 6.10. The minimum absolute atomic E-state index is 0.0705. The van der Waals surface area contributed by atoms with Crippen LogP contribution >= 0.6 is 0 Å². The van der Waals surface area contributed by atoms with Crippen LogP contribution in [0.4, 0.5) is 11.5 Å². The van der Waals surface area contributed by atoms with Crippen LogP contribution in [0.25, 0.3) is 0 Å². The molecular weight excluding hydrogens is 494 g/mol. The molecule has 1 aromatic carbocycles. The number of nitrogens with one attached hydrogen (secondary N) is 1. The van der Waals surface area contributed by atoms with Crippen LogP contribution in [0.3, 0.4) is 0 Å². The van der Waals surface area contributed by atoms with Crippen molar-refractivity contribution in [2.75, 3.05) is 55.3 Å². The fourth-order valence-corrected chi connectivity index (χ4v) is 5.42. The summed E-state index contributed by atoms with van der Waals surface area (Å²) in [6.45, 7) is 5.11. The summed E-state index contributed by atoms with van der Waals surface area (Å²) in [4.78, 5) is 47.1. The Balaban J connectivity index is 1.44. The highest BCUT2D eigenvalue weighted by molar-refractivity contribution is 7.90. The van der Waals surface area contributed by atoms with E-state index in [1.807, 2.05) is 6.07 Å². The van der Waals surface area contributed by atoms with E-state index in [0.29, 0.717) is 37.3 Å². The number of carbonyl (C=O) groups is 3. The largest absolute Gasteiger partial charge is 0.371 e. The normalized spacial score (nSPS) is 16.4. The summed E-state index contributed by atoms with van der Waals surface area (Å²) in [5.74, 6) is -0.187. The maximum Gasteiger partial charge on any atom is 0.256 e. The summed E-state index contributed by atoms with van der Waals surface area (Å²) in [6, 6.07) is 8.52. The number of piperazine rings is 1. The maximum absolute atomic E-state index is 13.6. The van der Waals surface area contributed by atoms with Gasteiger partial charge in [0.1, 0.15) is 5.82 Å². The molecule has 3 amide bonds. The van der Waals surface area contributed by atoms with Crippen LogP contribution in [0.5, 0.6) is 0 Å². The van der Waals surface area contributed by atoms with E-state index in [1.165, 1.54) is 13.0 Å². The van der Waals surface area contributed by atoms with E-state index in [1.54, 1.807) is 29.3 Å². The Morgan fingerprint density at radius 3 is 2.22 bits per heavy atom. The highest BCUT2D eigenvalue weighted by Gasteiger charge is 2.27. The number of imide groups is 1. The van der Waals surface area contributed by atoms with E-state index >= 15 is 0 Å². The molecule has 1 N–H and O–H groups in total. The van der Waals surface area contributed by atoms with Crippen molar-refractivity contribution in [2.45, 2.75) is 37.5 Å². The van der Waals surface area contributed by atoms with Crippen LogP contribution in [-0.4, -0.2) is 81.5 Å². The molecule has 2 saturated heterocycles. The minimum atomic E-state index is -3.45. The Hall–Kier alpha value is -3.47. The van der Waals surface area contributed by atoms with Gasteiger partial charge in [-0.15, -0.1) is 0 Å². The van der Waals surface area contributed by atoms with Crippen molar-refractivity contribution >= 4 is 39.1 Å². The summed E-state index contributed by atoms with van der Waals surface area (Å²) in [5.41, 5.74) is 1.93. The quantitative estimate of drug-likeness (QED) is 0.602. The first kappa shape index (κ1) is 26.6. The lowest BCUT2D eigenvalue weighted by Crippen LogP contribution is -2.49. The molecule has 10 nitrogen and oxygen atoms in total. The predicted octanol–water partition coefficient (Wildman–Crippen LogP) is 1.64. The standard InChI is InChI=1S/C26H33N5O5S/c1-19(32)28-25(33)16-20-6-9-24(27-18-20)30-12-14-31(15-13-30)26(34)22-17-21(37(2,35)36)7-8-23(22)29-10-4-3-5-11-29/h6-9,17-18H,3-5,10-16H2,1-2H3,(H,28,32,33). The predicted molar refractivity (Wildman–Crippen MR) is 140 cm³/mol. The van der Waals surface area contributed by atoms with Gasteiger partial charge in [0.2, 0.25) is 11.8 Å². The first-order chi connectivity index (χ1) is 17.6. The average Bonchev–Trinajstić information content (AvgIpc) is 2.88. The summed E-state index contributed by atoms with van der Waals surface area (Å²) >= 11 is 0. The van der Waals surface area contributed by atoms with Gasteiger partial charge in [0, 0.05) is 64.3 Å². The fraction of sp³-hybridized carbons (Fsp3) is 0.462. The van der Waals surface area contributed by atoms with Gasteiger partial charge < -0.3 is 14.7 Å². The molecule has 2 fully saturated rings. The second kappa shape index (κ2) is 11.3. The SMILES string of the molecule is CC(=O)NC(=O)Cc1ccc(N2CCN(C(=O)c3cc(S(C)(=O)=O)ccc3N3CCCCC3)CC2)nc1. The summed E-state index contributed by atoms with van der Waals surface area (Å²) < 4.78 is 24.4. The maximum atomic E-state index is 13.6. The first-order valence-corrected chi connectivity index (χ1v) is 14.4. The average molecular weight is 528 g/mol. The molecule has 4 rings (SSSR count). The lowest BCUT2D eigenvalue weighted by Gasteiger charge is -2.37. The van der Waals surface area contributed by atoms with Gasteiger partial charge in [-0.25, -0.2) is 13.4 Å². The number of carbonyl (C=O) groups excluding carboxylic acids is 3. The zero-order chi connectivity index (χ0) is 26.6. The number of anilines is 2. The summed E-state index contributed by atoms with van der Waals surface area (Å²) in [7, 11) is -3.45. The Morgan fingerprint density at radius 2 is 1.62 bits per heavy atom. The molecule has 3 heterocycles. The van der Waals surface area contributed by atoms with Crippen LogP contribution < -0.4 is 15.1 Å². The Bertz CT molecular complexity index is 1260. The highest BCUT2D eigenvalue weighted by Crippen LogP contribution is 2.29. The molecule has 0 radical (unpaired) electrons. The number of hydrogen-bond acceptors (Lipinski definition) is 8. The molecule has 0 bridgehead atoms. The number of amides is 3. The number of sulfone groups is 1. The second-order valence-corrected chi connectivity index (χ2v) is 11.6. The number of hydrogen-bond donors (Lipinski definition) is 1. The number of pyridine rings is 1. The lowest BCUT2D eigenvalue weighted by molar-refractivity contribution is -0.128. The molecule has 2 aliphatic rings. The number of rotatable bonds is 6. The van der Waals surface area contributed by atoms with Crippen molar-refractivity contribution in [3.05, 3.63) is 47.7 Å². The van der Waals surface area contributed by atoms with Crippen LogP contribution in [0.1, 0.15) is 42.1 Å². The number of nitrogens with zero attached hydrogens (tertiary/aromatic N) is 4. The number of benzene rings is 1. The van der Waals surface area contributed by atoms with Crippen LogP contribution in [0.2, 0.25) is 0 Å². The zero-order valence-corrected chi connectivity index (χ0v) is 22.1. The van der Waals surface area contributed by atoms with Crippen molar-refractivity contribution in [1.29, 1.82) is 0 Å². The number of piperidine rings is 1. The van der Waals surface area contributed by atoms with Crippen LogP contribution in [-0.2, 0) is 25.8 Å². The monoisotopic (exact) mass is 527 g/mol. The van der Waals surface area contributed by atoms with Gasteiger partial charge in [-0.3, -0.25) is 19.7 Å². The minimum Gasteiger partial charge on any atom is -0.371 e. The smallest absolute Gasteiger partial charge is 0.256 e. The van der Waals surface area contributed by atoms with Gasteiger partial charge in [0.15, 0.2) is 9.84 Å². The van der Waals surface area contributed by atoms with Gasteiger partial charge in [-0.1, -0.05) is 6.07 Å². The molecule has 2 aromatic rings. The third-order valence-electron chi connectivity index (χ3n) is 6.70. The third kappa shape index (κ3) is 6.65. The molecule has 0 atom stereocenters. The molecule has 37 heavy (non-hydrogen) atoms. The van der Waals surface area contributed by atoms with E-state index in [0.717, 1.165) is 50.1 Å². The molecule has 0 saturated carbocycles. The van der Waals surface area contributed by atoms with Crippen molar-refractivity contribution in [2.24, 2.45) is 0 Å². The van der Waals surface area contributed by atoms with Crippen LogP contribution in [0.15, 0.2) is 41.4 Å². The van der Waals surface area contributed by atoms with Gasteiger partial charge in [0.05, 0.1) is 16.9 Å². The molecule has 0 aliphatic carbocycles. The van der Waals surface area contributed by atoms with E-state index in [-0.39, 0.29) is 23.1 Å². The van der Waals surface area contributed by atoms with Gasteiger partial charge in [-0.2, -0.15) is 0 Å². The van der Waals surface area contributed by atoms with Gasteiger partial charge in [0.25, 0.3) is 5.91 Å². The van der Waals surface area contributed by atoms with E-state index in [4.69, 9.17) is 0 Å². The summed E-state index contributed by atoms with van der Waals surface area (Å²) in [5, 5.41) is 2.24. The third-order valence-corrected chi connectivity index (χ3v) is 7.81. The molecule has 0 unspecified atom stereocenters. The van der Waals surface area contributed by atoms with Crippen molar-refractivity contribution < 1.29 is 22.8 Å².